The Hall–Kier alpha value is -2.11. The molecule has 0 aliphatic carbocycles. The van der Waals surface area contributed by atoms with E-state index in [1.165, 1.54) is 27.4 Å². The topological polar surface area (TPSA) is 44.1 Å². The van der Waals surface area contributed by atoms with Crippen LogP contribution in [0.15, 0.2) is 36.7 Å². The van der Waals surface area contributed by atoms with Gasteiger partial charge in [-0.1, -0.05) is 11.6 Å². The molecule has 0 saturated carbocycles. The fourth-order valence-electron chi connectivity index (χ4n) is 3.66. The van der Waals surface area contributed by atoms with E-state index in [1.807, 2.05) is 30.6 Å². The molecule has 128 valence electrons. The highest BCUT2D eigenvalue weighted by Crippen LogP contribution is 2.44. The number of ether oxygens (including phenoxy) is 1. The molecule has 4 nitrogen and oxygen atoms in total. The molecular formula is C19H17ClN2O2S. The quantitative estimate of drug-likeness (QED) is 0.469. The van der Waals surface area contributed by atoms with Crippen molar-refractivity contribution < 1.29 is 9.53 Å². The Labute approximate surface area is 155 Å². The van der Waals surface area contributed by atoms with Crippen molar-refractivity contribution in [1.82, 2.24) is 9.55 Å². The molecule has 0 atom stereocenters. The standard InChI is InChI=1S/C19H17ClN2O2S/c20-17-4-3-16(25-17)19-18(13-5-8-21-9-6-13)14(7-11-24-12-23)15-2-1-10-22(15)19/h3-6,8-9,12H,1-2,7,10-11H2. The van der Waals surface area contributed by atoms with E-state index < -0.39 is 0 Å². The number of thiophene rings is 1. The molecule has 3 aromatic heterocycles. The molecule has 0 spiro atoms. The first kappa shape index (κ1) is 16.4. The number of fused-ring (bicyclic) bond motifs is 1. The van der Waals surface area contributed by atoms with Gasteiger partial charge < -0.3 is 9.30 Å². The molecule has 0 aromatic carbocycles. The molecule has 3 aromatic rings. The fraction of sp³-hybridized carbons (Fsp3) is 0.263. The zero-order valence-electron chi connectivity index (χ0n) is 13.6. The second-order valence-electron chi connectivity index (χ2n) is 5.96. The minimum absolute atomic E-state index is 0.392. The number of pyridine rings is 1. The minimum atomic E-state index is 0.392. The van der Waals surface area contributed by atoms with Crippen molar-refractivity contribution in [3.63, 3.8) is 0 Å². The van der Waals surface area contributed by atoms with Crippen LogP contribution in [0.25, 0.3) is 21.7 Å². The van der Waals surface area contributed by atoms with Gasteiger partial charge in [-0.2, -0.15) is 0 Å². The average Bonchev–Trinajstić information content (AvgIpc) is 3.32. The zero-order chi connectivity index (χ0) is 17.2. The maximum Gasteiger partial charge on any atom is 0.293 e. The van der Waals surface area contributed by atoms with Gasteiger partial charge in [0.05, 0.1) is 21.5 Å². The first-order valence-corrected chi connectivity index (χ1v) is 9.44. The summed E-state index contributed by atoms with van der Waals surface area (Å²) in [6, 6.07) is 8.11. The fourth-order valence-corrected chi connectivity index (χ4v) is 4.77. The molecule has 0 N–H and O–H groups in total. The Balaban J connectivity index is 1.93. The summed E-state index contributed by atoms with van der Waals surface area (Å²) in [6.45, 7) is 1.92. The number of rotatable bonds is 6. The predicted molar refractivity (Wildman–Crippen MR) is 100 cm³/mol. The van der Waals surface area contributed by atoms with E-state index in [9.17, 15) is 4.79 Å². The number of aromatic nitrogens is 2. The molecular weight excluding hydrogens is 356 g/mol. The van der Waals surface area contributed by atoms with Crippen LogP contribution in [0.5, 0.6) is 0 Å². The van der Waals surface area contributed by atoms with E-state index in [0.29, 0.717) is 19.5 Å². The molecule has 4 rings (SSSR count). The van der Waals surface area contributed by atoms with Crippen LogP contribution in [0.1, 0.15) is 17.7 Å². The van der Waals surface area contributed by atoms with Crippen molar-refractivity contribution in [3.05, 3.63) is 52.3 Å². The summed E-state index contributed by atoms with van der Waals surface area (Å²) in [5, 5.41) is 0. The molecule has 0 fully saturated rings. The van der Waals surface area contributed by atoms with Gasteiger partial charge in [-0.05, 0) is 48.2 Å². The molecule has 0 radical (unpaired) electrons. The van der Waals surface area contributed by atoms with Gasteiger partial charge in [-0.15, -0.1) is 11.3 Å². The van der Waals surface area contributed by atoms with Gasteiger partial charge >= 0.3 is 0 Å². The van der Waals surface area contributed by atoms with Crippen molar-refractivity contribution in [1.29, 1.82) is 0 Å². The van der Waals surface area contributed by atoms with Crippen LogP contribution in [0.3, 0.4) is 0 Å². The largest absolute Gasteiger partial charge is 0.468 e. The second-order valence-corrected chi connectivity index (χ2v) is 7.68. The Kier molecular flexibility index (Phi) is 4.59. The smallest absolute Gasteiger partial charge is 0.293 e. The first-order chi connectivity index (χ1) is 12.3. The lowest BCUT2D eigenvalue weighted by atomic mass is 9.97. The van der Waals surface area contributed by atoms with E-state index in [4.69, 9.17) is 16.3 Å². The van der Waals surface area contributed by atoms with Gasteiger partial charge in [-0.3, -0.25) is 9.78 Å². The third kappa shape index (κ3) is 2.98. The average molecular weight is 373 g/mol. The van der Waals surface area contributed by atoms with Gasteiger partial charge in [-0.25, -0.2) is 0 Å². The summed E-state index contributed by atoms with van der Waals surface area (Å²) in [4.78, 5) is 15.9. The van der Waals surface area contributed by atoms with Crippen molar-refractivity contribution >= 4 is 29.4 Å². The van der Waals surface area contributed by atoms with Crippen molar-refractivity contribution in [2.75, 3.05) is 6.61 Å². The second kappa shape index (κ2) is 7.02. The number of hydrogen-bond donors (Lipinski definition) is 0. The Morgan fingerprint density at radius 2 is 2.12 bits per heavy atom. The number of nitrogens with zero attached hydrogens (tertiary/aromatic N) is 2. The Bertz CT molecular complexity index is 902. The van der Waals surface area contributed by atoms with Crippen LogP contribution in [0.4, 0.5) is 0 Å². The van der Waals surface area contributed by atoms with Crippen LogP contribution in [0, 0.1) is 0 Å². The molecule has 0 saturated heterocycles. The Morgan fingerprint density at radius 3 is 2.84 bits per heavy atom. The van der Waals surface area contributed by atoms with Crippen molar-refractivity contribution in [3.8, 4) is 21.7 Å². The maximum absolute atomic E-state index is 10.6. The van der Waals surface area contributed by atoms with Crippen molar-refractivity contribution in [2.24, 2.45) is 0 Å². The molecule has 0 amide bonds. The number of hydrogen-bond acceptors (Lipinski definition) is 4. The molecule has 1 aliphatic rings. The third-order valence-corrected chi connectivity index (χ3v) is 5.83. The molecule has 1 aliphatic heterocycles. The predicted octanol–water partition coefficient (Wildman–Crippen LogP) is 4.59. The third-order valence-electron chi connectivity index (χ3n) is 4.59. The van der Waals surface area contributed by atoms with E-state index >= 15 is 0 Å². The molecule has 25 heavy (non-hydrogen) atoms. The number of halogens is 1. The van der Waals surface area contributed by atoms with Gasteiger partial charge in [0.1, 0.15) is 0 Å². The molecule has 4 heterocycles. The number of carbonyl (C=O) groups excluding carboxylic acids is 1. The lowest BCUT2D eigenvalue weighted by molar-refractivity contribution is -0.128. The van der Waals surface area contributed by atoms with Crippen LogP contribution in [-0.4, -0.2) is 22.6 Å². The first-order valence-electron chi connectivity index (χ1n) is 8.25. The summed E-state index contributed by atoms with van der Waals surface area (Å²) < 4.78 is 8.18. The van der Waals surface area contributed by atoms with Crippen LogP contribution in [0.2, 0.25) is 4.34 Å². The summed E-state index contributed by atoms with van der Waals surface area (Å²) in [7, 11) is 0. The van der Waals surface area contributed by atoms with Crippen LogP contribution >= 0.6 is 22.9 Å². The van der Waals surface area contributed by atoms with Crippen molar-refractivity contribution in [2.45, 2.75) is 25.8 Å². The molecule has 0 unspecified atom stereocenters. The zero-order valence-corrected chi connectivity index (χ0v) is 15.1. The lowest BCUT2D eigenvalue weighted by Gasteiger charge is -2.10. The van der Waals surface area contributed by atoms with E-state index in [0.717, 1.165) is 29.3 Å². The minimum Gasteiger partial charge on any atom is -0.468 e. The maximum atomic E-state index is 10.6. The van der Waals surface area contributed by atoms with E-state index in [1.54, 1.807) is 11.3 Å². The Morgan fingerprint density at radius 1 is 1.28 bits per heavy atom. The monoisotopic (exact) mass is 372 g/mol. The van der Waals surface area contributed by atoms with Gasteiger partial charge in [0.15, 0.2) is 0 Å². The van der Waals surface area contributed by atoms with Crippen LogP contribution in [-0.2, 0) is 28.9 Å². The normalized spacial score (nSPS) is 13.0. The van der Waals surface area contributed by atoms with E-state index in [-0.39, 0.29) is 0 Å². The SMILES string of the molecule is O=COCCc1c(-c2ccncc2)c(-c2ccc(Cl)s2)n2c1CCC2. The highest BCUT2D eigenvalue weighted by Gasteiger charge is 2.27. The molecule has 0 bridgehead atoms. The van der Waals surface area contributed by atoms with Gasteiger partial charge in [0.2, 0.25) is 0 Å². The summed E-state index contributed by atoms with van der Waals surface area (Å²) in [6.07, 6.45) is 6.53. The number of carbonyl (C=O) groups is 1. The van der Waals surface area contributed by atoms with E-state index in [2.05, 4.69) is 15.6 Å². The van der Waals surface area contributed by atoms with Gasteiger partial charge in [0, 0.05) is 36.6 Å². The van der Waals surface area contributed by atoms with Crippen LogP contribution < -0.4 is 0 Å². The lowest BCUT2D eigenvalue weighted by Crippen LogP contribution is -2.00. The summed E-state index contributed by atoms with van der Waals surface area (Å²) >= 11 is 7.81. The summed E-state index contributed by atoms with van der Waals surface area (Å²) in [5.41, 5.74) is 6.19. The highest BCUT2D eigenvalue weighted by atomic mass is 35.5. The van der Waals surface area contributed by atoms with Gasteiger partial charge in [0.25, 0.3) is 6.47 Å². The molecule has 6 heteroatoms. The highest BCUT2D eigenvalue weighted by molar-refractivity contribution is 7.19. The summed E-state index contributed by atoms with van der Waals surface area (Å²) in [5.74, 6) is 0.